The Kier molecular flexibility index (Phi) is 18.3. The van der Waals surface area contributed by atoms with Crippen molar-refractivity contribution in [3.8, 4) is 0 Å². The molecule has 0 amide bonds. The molecule has 0 aromatic heterocycles. The van der Waals surface area contributed by atoms with Gasteiger partial charge in [0.05, 0.1) is 58.9 Å². The molecule has 13 heteroatoms. The highest BCUT2D eigenvalue weighted by Crippen LogP contribution is 2.45. The SMILES string of the molecule is OC1c2ccccc2C(O)N1[C@@H]1[C@@H](OCc2ccccc2)[C@H](O[C@@H]2O[C@H](COCc3ccccc3)[C@H](OCc3ccccc3)[C@H](OCc3ccccc3)[C@H]2OCc2ccccc2)[C@@H](COCc2ccccc2)O[C@H]1O. The number of fused-ring (bicyclic) bond motifs is 1. The normalized spacial score (nSPS) is 26.7. The van der Waals surface area contributed by atoms with Crippen molar-refractivity contribution in [2.75, 3.05) is 13.2 Å². The zero-order chi connectivity index (χ0) is 51.2. The van der Waals surface area contributed by atoms with Gasteiger partial charge in [0.25, 0.3) is 0 Å². The molecular weight excluding hydrogens is 951 g/mol. The molecule has 75 heavy (non-hydrogen) atoms. The Balaban J connectivity index is 1.06. The van der Waals surface area contributed by atoms with Gasteiger partial charge in [-0.25, -0.2) is 4.90 Å². The van der Waals surface area contributed by atoms with Crippen LogP contribution < -0.4 is 0 Å². The Morgan fingerprint density at radius 1 is 0.347 bits per heavy atom. The molecule has 0 spiro atoms. The van der Waals surface area contributed by atoms with E-state index in [1.54, 1.807) is 24.3 Å². The Morgan fingerprint density at radius 2 is 0.680 bits per heavy atom. The fraction of sp³-hybridized carbons (Fsp3) is 0.323. The van der Waals surface area contributed by atoms with Crippen molar-refractivity contribution in [3.05, 3.63) is 251 Å². The predicted molar refractivity (Wildman–Crippen MR) is 279 cm³/mol. The van der Waals surface area contributed by atoms with E-state index in [0.29, 0.717) is 17.7 Å². The van der Waals surface area contributed by atoms with E-state index in [4.69, 9.17) is 42.6 Å². The van der Waals surface area contributed by atoms with E-state index in [2.05, 4.69) is 0 Å². The van der Waals surface area contributed by atoms with E-state index in [9.17, 15) is 15.3 Å². The highest BCUT2D eigenvalue weighted by molar-refractivity contribution is 5.35. The topological polar surface area (TPSA) is 147 Å². The number of rotatable bonds is 23. The Bertz CT molecular complexity index is 2720. The van der Waals surface area contributed by atoms with E-state index in [1.807, 2.05) is 182 Å². The highest BCUT2D eigenvalue weighted by Gasteiger charge is 2.57. The largest absolute Gasteiger partial charge is 0.374 e. The summed E-state index contributed by atoms with van der Waals surface area (Å²) in [6, 6.07) is 64.9. The summed E-state index contributed by atoms with van der Waals surface area (Å²) < 4.78 is 62.3. The summed E-state index contributed by atoms with van der Waals surface area (Å²) >= 11 is 0. The summed E-state index contributed by atoms with van der Waals surface area (Å²) in [6.07, 6.45) is -12.1. The first-order valence-corrected chi connectivity index (χ1v) is 25.7. The average molecular weight is 1020 g/mol. The van der Waals surface area contributed by atoms with Crippen molar-refractivity contribution in [1.82, 2.24) is 4.90 Å². The number of benzene rings is 7. The van der Waals surface area contributed by atoms with Crippen molar-refractivity contribution in [1.29, 1.82) is 0 Å². The van der Waals surface area contributed by atoms with E-state index in [0.717, 1.165) is 33.4 Å². The summed E-state index contributed by atoms with van der Waals surface area (Å²) in [6.45, 7) is 1.24. The molecule has 0 radical (unpaired) electrons. The highest BCUT2D eigenvalue weighted by atomic mass is 16.7. The van der Waals surface area contributed by atoms with E-state index in [1.165, 1.54) is 4.90 Å². The van der Waals surface area contributed by atoms with Crippen molar-refractivity contribution in [2.45, 2.75) is 113 Å². The van der Waals surface area contributed by atoms with Gasteiger partial charge in [-0.05, 0) is 33.4 Å². The molecule has 390 valence electrons. The molecule has 3 aliphatic rings. The number of aliphatic hydroxyl groups is 3. The van der Waals surface area contributed by atoms with E-state index >= 15 is 0 Å². The van der Waals surface area contributed by atoms with Gasteiger partial charge in [-0.15, -0.1) is 0 Å². The van der Waals surface area contributed by atoms with Gasteiger partial charge in [-0.2, -0.15) is 0 Å². The fourth-order valence-corrected chi connectivity index (χ4v) is 10.1. The van der Waals surface area contributed by atoms with Crippen LogP contribution in [-0.2, 0) is 82.3 Å². The van der Waals surface area contributed by atoms with Crippen LogP contribution >= 0.6 is 0 Å². The summed E-state index contributed by atoms with van der Waals surface area (Å²) in [5.41, 5.74) is 6.56. The Hall–Kier alpha value is -5.98. The fourth-order valence-electron chi connectivity index (χ4n) is 10.1. The molecule has 7 aromatic rings. The van der Waals surface area contributed by atoms with Gasteiger partial charge in [-0.3, -0.25) is 0 Å². The maximum absolute atomic E-state index is 12.3. The predicted octanol–water partition coefficient (Wildman–Crippen LogP) is 8.96. The van der Waals surface area contributed by atoms with Crippen LogP contribution in [-0.4, -0.2) is 94.8 Å². The van der Waals surface area contributed by atoms with Gasteiger partial charge in [0.2, 0.25) is 0 Å². The number of hydrogen-bond donors (Lipinski definition) is 3. The van der Waals surface area contributed by atoms with Crippen LogP contribution in [0.4, 0.5) is 0 Å². The smallest absolute Gasteiger partial charge is 0.187 e. The van der Waals surface area contributed by atoms with Crippen molar-refractivity contribution < 1.29 is 58.0 Å². The maximum atomic E-state index is 12.3. The third-order valence-electron chi connectivity index (χ3n) is 13.9. The standard InChI is InChI=1S/C62H65NO12/c64-59-49-33-19-20-34-50(49)60(65)63(59)53-56(70-38-46-27-13-4-14-28-46)55(52(73-61(53)66)42-68-36-44-23-9-2-10-24-44)75-62-58(72-40-48-31-17-6-18-32-48)57(71-39-47-29-15-5-16-30-47)54(69-37-45-25-11-3-12-26-45)51(74-62)41-67-35-43-21-7-1-8-22-43/h1-34,51-62,64-66H,35-42H2/t51-,52-,53-,54+,55-,56-,57+,58-,59?,60?,61-,62+/m1/s1. The van der Waals surface area contributed by atoms with Gasteiger partial charge in [0.15, 0.2) is 12.6 Å². The second kappa shape index (κ2) is 26.2. The van der Waals surface area contributed by atoms with Gasteiger partial charge in [-0.1, -0.05) is 206 Å². The lowest BCUT2D eigenvalue weighted by atomic mass is 9.93. The lowest BCUT2D eigenvalue weighted by Gasteiger charge is -2.51. The van der Waals surface area contributed by atoms with Crippen LogP contribution in [0.1, 0.15) is 57.0 Å². The van der Waals surface area contributed by atoms with Crippen LogP contribution in [0.25, 0.3) is 0 Å². The quantitative estimate of drug-likeness (QED) is 0.0561. The van der Waals surface area contributed by atoms with Crippen LogP contribution in [0.15, 0.2) is 206 Å². The van der Waals surface area contributed by atoms with Crippen molar-refractivity contribution in [2.24, 2.45) is 0 Å². The molecule has 3 heterocycles. The molecule has 3 N–H and O–H groups in total. The minimum atomic E-state index is -1.61. The van der Waals surface area contributed by atoms with Crippen LogP contribution in [0, 0.1) is 0 Å². The molecule has 2 saturated heterocycles. The van der Waals surface area contributed by atoms with E-state index in [-0.39, 0.29) is 46.2 Å². The minimum absolute atomic E-state index is 0.0531. The first-order valence-electron chi connectivity index (χ1n) is 25.7. The third-order valence-corrected chi connectivity index (χ3v) is 13.9. The van der Waals surface area contributed by atoms with Crippen LogP contribution in [0.5, 0.6) is 0 Å². The van der Waals surface area contributed by atoms with Crippen LogP contribution in [0.3, 0.4) is 0 Å². The molecule has 0 bridgehead atoms. The molecule has 13 nitrogen and oxygen atoms in total. The molecule has 12 atom stereocenters. The third kappa shape index (κ3) is 13.4. The van der Waals surface area contributed by atoms with Gasteiger partial charge in [0, 0.05) is 11.1 Å². The second-order valence-corrected chi connectivity index (χ2v) is 19.1. The number of ether oxygens (including phenoxy) is 9. The minimum Gasteiger partial charge on any atom is -0.374 e. The second-order valence-electron chi connectivity index (χ2n) is 19.1. The molecule has 2 fully saturated rings. The first kappa shape index (κ1) is 52.5. The molecule has 7 aromatic carbocycles. The monoisotopic (exact) mass is 1020 g/mol. The lowest BCUT2D eigenvalue weighted by Crippen LogP contribution is -2.68. The molecule has 3 aliphatic heterocycles. The molecule has 0 aliphatic carbocycles. The Labute approximate surface area is 438 Å². The van der Waals surface area contributed by atoms with Crippen molar-refractivity contribution >= 4 is 0 Å². The Morgan fingerprint density at radius 3 is 1.09 bits per heavy atom. The molecular formula is C62H65NO12. The molecule has 10 rings (SSSR count). The van der Waals surface area contributed by atoms with E-state index < -0.39 is 73.8 Å². The zero-order valence-corrected chi connectivity index (χ0v) is 41.7. The summed E-state index contributed by atoms with van der Waals surface area (Å²) in [5, 5.41) is 36.5. The average Bonchev–Trinajstić information content (AvgIpc) is 3.73. The first-order chi connectivity index (χ1) is 37.0. The van der Waals surface area contributed by atoms with Gasteiger partial charge >= 0.3 is 0 Å². The van der Waals surface area contributed by atoms with Crippen molar-refractivity contribution in [3.63, 3.8) is 0 Å². The summed E-state index contributed by atoms with van der Waals surface area (Å²) in [5.74, 6) is 0. The van der Waals surface area contributed by atoms with Gasteiger partial charge < -0.3 is 58.0 Å². The molecule has 0 saturated carbocycles. The zero-order valence-electron chi connectivity index (χ0n) is 41.7. The lowest BCUT2D eigenvalue weighted by molar-refractivity contribution is -0.372. The van der Waals surface area contributed by atoms with Gasteiger partial charge in [0.1, 0.15) is 55.2 Å². The number of hydrogen-bond acceptors (Lipinski definition) is 13. The maximum Gasteiger partial charge on any atom is 0.187 e. The molecule has 2 unspecified atom stereocenters. The van der Waals surface area contributed by atoms with Crippen LogP contribution in [0.2, 0.25) is 0 Å². The number of nitrogens with zero attached hydrogens (tertiary/aromatic N) is 1. The number of aliphatic hydroxyl groups excluding tert-OH is 3. The summed E-state index contributed by atoms with van der Waals surface area (Å²) in [4.78, 5) is 1.42. The summed E-state index contributed by atoms with van der Waals surface area (Å²) in [7, 11) is 0.